The van der Waals surface area contributed by atoms with Crippen molar-refractivity contribution in [1.82, 2.24) is 10.2 Å². The lowest BCUT2D eigenvalue weighted by Gasteiger charge is -2.10. The van der Waals surface area contributed by atoms with E-state index in [-0.39, 0.29) is 19.1 Å². The number of aliphatic hydroxyl groups excluding tert-OH is 1. The zero-order chi connectivity index (χ0) is 11.5. The SMILES string of the molecule is O=C1N[C@@H](c2ccccc2)C(=O)N1CCO. The molecular weight excluding hydrogens is 208 g/mol. The maximum Gasteiger partial charge on any atom is 0.325 e. The number of hydrogen-bond donors (Lipinski definition) is 2. The normalized spacial score (nSPS) is 20.1. The fourth-order valence-electron chi connectivity index (χ4n) is 1.70. The molecule has 0 saturated carbocycles. The van der Waals surface area contributed by atoms with Crippen LogP contribution in [0, 0.1) is 0 Å². The standard InChI is InChI=1S/C11H12N2O3/c14-7-6-13-10(15)9(12-11(13)16)8-4-2-1-3-5-8/h1-5,9,14H,6-7H2,(H,12,16)/t9-/m0/s1. The number of benzene rings is 1. The van der Waals surface area contributed by atoms with Gasteiger partial charge in [-0.25, -0.2) is 4.79 Å². The second-order valence-corrected chi connectivity index (χ2v) is 3.51. The zero-order valence-corrected chi connectivity index (χ0v) is 8.59. The topological polar surface area (TPSA) is 69.6 Å². The molecule has 1 aromatic carbocycles. The lowest BCUT2D eigenvalue weighted by molar-refractivity contribution is -0.127. The van der Waals surface area contributed by atoms with E-state index in [9.17, 15) is 9.59 Å². The van der Waals surface area contributed by atoms with Gasteiger partial charge in [-0.1, -0.05) is 30.3 Å². The van der Waals surface area contributed by atoms with Gasteiger partial charge < -0.3 is 10.4 Å². The Labute approximate surface area is 92.7 Å². The molecule has 1 saturated heterocycles. The van der Waals surface area contributed by atoms with E-state index in [4.69, 9.17) is 5.11 Å². The molecule has 1 heterocycles. The number of nitrogens with zero attached hydrogens (tertiary/aromatic N) is 1. The van der Waals surface area contributed by atoms with Gasteiger partial charge >= 0.3 is 6.03 Å². The maximum atomic E-state index is 11.8. The largest absolute Gasteiger partial charge is 0.395 e. The molecule has 1 atom stereocenters. The Bertz CT molecular complexity index is 405. The molecular formula is C11H12N2O3. The van der Waals surface area contributed by atoms with Crippen molar-refractivity contribution < 1.29 is 14.7 Å². The van der Waals surface area contributed by atoms with Crippen LogP contribution in [0.15, 0.2) is 30.3 Å². The van der Waals surface area contributed by atoms with Gasteiger partial charge in [-0.2, -0.15) is 0 Å². The first-order chi connectivity index (χ1) is 7.74. The number of nitrogens with one attached hydrogen (secondary N) is 1. The minimum Gasteiger partial charge on any atom is -0.395 e. The summed E-state index contributed by atoms with van der Waals surface area (Å²) in [5.74, 6) is -0.315. The molecule has 1 aliphatic heterocycles. The monoisotopic (exact) mass is 220 g/mol. The molecule has 3 amide bonds. The van der Waals surface area contributed by atoms with E-state index in [1.807, 2.05) is 18.2 Å². The number of rotatable bonds is 3. The van der Waals surface area contributed by atoms with E-state index >= 15 is 0 Å². The van der Waals surface area contributed by atoms with E-state index in [1.165, 1.54) is 0 Å². The minimum absolute atomic E-state index is 0.0357. The molecule has 1 aliphatic rings. The Morgan fingerprint density at radius 2 is 1.94 bits per heavy atom. The summed E-state index contributed by atoms with van der Waals surface area (Å²) < 4.78 is 0. The second kappa shape index (κ2) is 4.32. The summed E-state index contributed by atoms with van der Waals surface area (Å²) in [5.41, 5.74) is 0.751. The van der Waals surface area contributed by atoms with Crippen molar-refractivity contribution in [3.8, 4) is 0 Å². The number of β-amino-alcohol motifs (C(OH)–C–C–N with tert-alkyl or cyclic N) is 1. The third-order valence-corrected chi connectivity index (χ3v) is 2.48. The fraction of sp³-hybridized carbons (Fsp3) is 0.273. The van der Waals surface area contributed by atoms with Gasteiger partial charge in [0, 0.05) is 0 Å². The Kier molecular flexibility index (Phi) is 2.87. The van der Waals surface area contributed by atoms with E-state index in [1.54, 1.807) is 12.1 Å². The first-order valence-electron chi connectivity index (χ1n) is 5.01. The Morgan fingerprint density at radius 1 is 1.25 bits per heavy atom. The summed E-state index contributed by atoms with van der Waals surface area (Å²) in [4.78, 5) is 24.3. The van der Waals surface area contributed by atoms with Crippen molar-refractivity contribution in [2.45, 2.75) is 6.04 Å². The minimum atomic E-state index is -0.625. The molecule has 16 heavy (non-hydrogen) atoms. The van der Waals surface area contributed by atoms with E-state index < -0.39 is 12.1 Å². The van der Waals surface area contributed by atoms with Crippen molar-refractivity contribution in [2.24, 2.45) is 0 Å². The lowest BCUT2D eigenvalue weighted by Crippen LogP contribution is -2.33. The summed E-state index contributed by atoms with van der Waals surface area (Å²) in [6.07, 6.45) is 0. The summed E-state index contributed by atoms with van der Waals surface area (Å²) in [6.45, 7) is -0.186. The zero-order valence-electron chi connectivity index (χ0n) is 8.59. The number of imide groups is 1. The number of carbonyl (C=O) groups excluding carboxylic acids is 2. The summed E-state index contributed by atoms with van der Waals surface area (Å²) in [6, 6.07) is 7.95. The van der Waals surface area contributed by atoms with Crippen LogP contribution >= 0.6 is 0 Å². The molecule has 1 fully saturated rings. The fourth-order valence-corrected chi connectivity index (χ4v) is 1.70. The molecule has 2 rings (SSSR count). The lowest BCUT2D eigenvalue weighted by atomic mass is 10.1. The molecule has 0 radical (unpaired) electrons. The predicted octanol–water partition coefficient (Wildman–Crippen LogP) is 0.272. The highest BCUT2D eigenvalue weighted by atomic mass is 16.3. The highest BCUT2D eigenvalue weighted by Crippen LogP contribution is 2.20. The molecule has 0 spiro atoms. The first-order valence-corrected chi connectivity index (χ1v) is 5.01. The highest BCUT2D eigenvalue weighted by molar-refractivity contribution is 6.04. The van der Waals surface area contributed by atoms with Gasteiger partial charge in [0.05, 0.1) is 13.2 Å². The molecule has 84 valence electrons. The number of aliphatic hydroxyl groups is 1. The predicted molar refractivity (Wildman–Crippen MR) is 56.5 cm³/mol. The first kappa shape index (κ1) is 10.6. The number of amides is 3. The Hall–Kier alpha value is -1.88. The van der Waals surface area contributed by atoms with Gasteiger partial charge in [0.2, 0.25) is 0 Å². The smallest absolute Gasteiger partial charge is 0.325 e. The van der Waals surface area contributed by atoms with Crippen molar-refractivity contribution in [3.05, 3.63) is 35.9 Å². The molecule has 0 bridgehead atoms. The molecule has 1 aromatic rings. The van der Waals surface area contributed by atoms with Crippen LogP contribution in [0.25, 0.3) is 0 Å². The average molecular weight is 220 g/mol. The molecule has 5 heteroatoms. The van der Waals surface area contributed by atoms with Gasteiger partial charge in [-0.3, -0.25) is 9.69 Å². The van der Waals surface area contributed by atoms with Crippen LogP contribution < -0.4 is 5.32 Å². The average Bonchev–Trinajstić information content (AvgIpc) is 2.59. The molecule has 2 N–H and O–H groups in total. The molecule has 0 aromatic heterocycles. The van der Waals surface area contributed by atoms with Gasteiger partial charge in [0.1, 0.15) is 6.04 Å². The van der Waals surface area contributed by atoms with Crippen molar-refractivity contribution in [3.63, 3.8) is 0 Å². The van der Waals surface area contributed by atoms with Gasteiger partial charge in [-0.05, 0) is 5.56 Å². The van der Waals surface area contributed by atoms with Gasteiger partial charge in [-0.15, -0.1) is 0 Å². The summed E-state index contributed by atoms with van der Waals surface area (Å²) >= 11 is 0. The van der Waals surface area contributed by atoms with Crippen LogP contribution in [-0.2, 0) is 4.79 Å². The highest BCUT2D eigenvalue weighted by Gasteiger charge is 2.38. The van der Waals surface area contributed by atoms with Crippen LogP contribution in [0.1, 0.15) is 11.6 Å². The maximum absolute atomic E-state index is 11.8. The van der Waals surface area contributed by atoms with E-state index in [0.717, 1.165) is 10.5 Å². The van der Waals surface area contributed by atoms with Gasteiger partial charge in [0.25, 0.3) is 5.91 Å². The van der Waals surface area contributed by atoms with Crippen LogP contribution in [-0.4, -0.2) is 35.1 Å². The van der Waals surface area contributed by atoms with Crippen molar-refractivity contribution in [2.75, 3.05) is 13.2 Å². The van der Waals surface area contributed by atoms with Crippen LogP contribution in [0.5, 0.6) is 0 Å². The van der Waals surface area contributed by atoms with Gasteiger partial charge in [0.15, 0.2) is 0 Å². The number of urea groups is 1. The van der Waals surface area contributed by atoms with Crippen LogP contribution in [0.2, 0.25) is 0 Å². The third kappa shape index (κ3) is 1.77. The van der Waals surface area contributed by atoms with Crippen LogP contribution in [0.4, 0.5) is 4.79 Å². The number of carbonyl (C=O) groups is 2. The van der Waals surface area contributed by atoms with E-state index in [2.05, 4.69) is 5.32 Å². The quantitative estimate of drug-likeness (QED) is 0.718. The van der Waals surface area contributed by atoms with Crippen LogP contribution in [0.3, 0.4) is 0 Å². The van der Waals surface area contributed by atoms with Crippen molar-refractivity contribution in [1.29, 1.82) is 0 Å². The summed E-state index contributed by atoms with van der Waals surface area (Å²) in [5, 5.41) is 11.3. The third-order valence-electron chi connectivity index (χ3n) is 2.48. The second-order valence-electron chi connectivity index (χ2n) is 3.51. The molecule has 0 aliphatic carbocycles. The van der Waals surface area contributed by atoms with Crippen molar-refractivity contribution >= 4 is 11.9 Å². The van der Waals surface area contributed by atoms with E-state index in [0.29, 0.717) is 0 Å². The number of hydrogen-bond acceptors (Lipinski definition) is 3. The molecule has 5 nitrogen and oxygen atoms in total. The molecule has 0 unspecified atom stereocenters. The Balaban J connectivity index is 2.21. The Morgan fingerprint density at radius 3 is 2.56 bits per heavy atom. The summed E-state index contributed by atoms with van der Waals surface area (Å²) in [7, 11) is 0.